The number of hydrogen-bond donors (Lipinski definition) is 0. The fraction of sp³-hybridized carbons (Fsp3) is 0.350. The van der Waals surface area contributed by atoms with Gasteiger partial charge in [-0.2, -0.15) is 13.2 Å². The van der Waals surface area contributed by atoms with Crippen LogP contribution < -0.4 is 0 Å². The first-order chi connectivity index (χ1) is 12.9. The Morgan fingerprint density at radius 2 is 1.93 bits per heavy atom. The zero-order chi connectivity index (χ0) is 19.4. The standard InChI is InChI=1S/C20H18F4O3/c21-17-9-8-13(11-16(17)20(22,23)24)19(25)15-6-2-1-5-14(15)12-27-18-7-3-4-10-26-18/h1-2,5-6,8-9,11,18H,3-4,7,10,12H2. The first-order valence-corrected chi connectivity index (χ1v) is 8.59. The van der Waals surface area contributed by atoms with Gasteiger partial charge in [0.25, 0.3) is 0 Å². The number of benzene rings is 2. The Kier molecular flexibility index (Phi) is 5.92. The van der Waals surface area contributed by atoms with Crippen molar-refractivity contribution in [3.8, 4) is 0 Å². The lowest BCUT2D eigenvalue weighted by Gasteiger charge is -2.23. The molecule has 0 amide bonds. The highest BCUT2D eigenvalue weighted by molar-refractivity contribution is 6.10. The number of carbonyl (C=O) groups excluding carboxylic acids is 1. The molecular weight excluding hydrogens is 364 g/mol. The summed E-state index contributed by atoms with van der Waals surface area (Å²) in [5.74, 6) is -2.03. The molecule has 0 aromatic heterocycles. The minimum Gasteiger partial charge on any atom is -0.353 e. The van der Waals surface area contributed by atoms with E-state index in [1.54, 1.807) is 18.2 Å². The van der Waals surface area contributed by atoms with Crippen molar-refractivity contribution in [1.29, 1.82) is 0 Å². The highest BCUT2D eigenvalue weighted by Crippen LogP contribution is 2.32. The van der Waals surface area contributed by atoms with Crippen LogP contribution in [-0.2, 0) is 22.3 Å². The Hall–Kier alpha value is -2.25. The van der Waals surface area contributed by atoms with Crippen molar-refractivity contribution in [3.05, 3.63) is 70.5 Å². The van der Waals surface area contributed by atoms with Gasteiger partial charge in [-0.05, 0) is 43.0 Å². The van der Waals surface area contributed by atoms with E-state index in [1.807, 2.05) is 0 Å². The predicted molar refractivity (Wildman–Crippen MR) is 89.7 cm³/mol. The lowest BCUT2D eigenvalue weighted by molar-refractivity contribution is -0.169. The van der Waals surface area contributed by atoms with E-state index in [0.29, 0.717) is 24.3 Å². The van der Waals surface area contributed by atoms with Crippen LogP contribution in [0.3, 0.4) is 0 Å². The summed E-state index contributed by atoms with van der Waals surface area (Å²) in [5, 5.41) is 0. The molecular formula is C20H18F4O3. The van der Waals surface area contributed by atoms with Gasteiger partial charge >= 0.3 is 6.18 Å². The Balaban J connectivity index is 1.83. The van der Waals surface area contributed by atoms with E-state index in [9.17, 15) is 22.4 Å². The van der Waals surface area contributed by atoms with Gasteiger partial charge in [0.15, 0.2) is 12.1 Å². The number of halogens is 4. The van der Waals surface area contributed by atoms with E-state index in [0.717, 1.165) is 25.3 Å². The summed E-state index contributed by atoms with van der Waals surface area (Å²) in [6.45, 7) is 0.709. The molecule has 7 heteroatoms. The number of ketones is 1. The molecule has 0 bridgehead atoms. The van der Waals surface area contributed by atoms with Gasteiger partial charge in [0.2, 0.25) is 0 Å². The molecule has 27 heavy (non-hydrogen) atoms. The molecule has 0 saturated carbocycles. The van der Waals surface area contributed by atoms with Crippen LogP contribution in [0.4, 0.5) is 17.6 Å². The maximum atomic E-state index is 13.5. The Bertz CT molecular complexity index is 811. The topological polar surface area (TPSA) is 35.5 Å². The van der Waals surface area contributed by atoms with Crippen LogP contribution in [0, 0.1) is 5.82 Å². The van der Waals surface area contributed by atoms with Crippen molar-refractivity contribution in [2.75, 3.05) is 6.61 Å². The van der Waals surface area contributed by atoms with Gasteiger partial charge in [0.1, 0.15) is 5.82 Å². The van der Waals surface area contributed by atoms with Gasteiger partial charge in [-0.3, -0.25) is 4.79 Å². The Morgan fingerprint density at radius 3 is 2.63 bits per heavy atom. The summed E-state index contributed by atoms with van der Waals surface area (Å²) in [6.07, 6.45) is -2.52. The number of rotatable bonds is 5. The van der Waals surface area contributed by atoms with Crippen molar-refractivity contribution in [2.24, 2.45) is 0 Å². The highest BCUT2D eigenvalue weighted by Gasteiger charge is 2.34. The maximum Gasteiger partial charge on any atom is 0.419 e. The van der Waals surface area contributed by atoms with Crippen LogP contribution in [0.1, 0.15) is 46.3 Å². The fourth-order valence-corrected chi connectivity index (χ4v) is 2.93. The molecule has 1 heterocycles. The summed E-state index contributed by atoms with van der Waals surface area (Å²) >= 11 is 0. The first kappa shape index (κ1) is 19.5. The second kappa shape index (κ2) is 8.19. The third kappa shape index (κ3) is 4.73. The molecule has 0 N–H and O–H groups in total. The maximum absolute atomic E-state index is 13.5. The molecule has 2 aromatic carbocycles. The summed E-state index contributed by atoms with van der Waals surface area (Å²) in [6, 6.07) is 8.76. The van der Waals surface area contributed by atoms with Crippen molar-refractivity contribution < 1.29 is 31.8 Å². The van der Waals surface area contributed by atoms with Crippen LogP contribution in [0.2, 0.25) is 0 Å². The van der Waals surface area contributed by atoms with Gasteiger partial charge in [0, 0.05) is 17.7 Å². The smallest absolute Gasteiger partial charge is 0.353 e. The molecule has 0 aliphatic carbocycles. The lowest BCUT2D eigenvalue weighted by Crippen LogP contribution is -2.22. The Morgan fingerprint density at radius 1 is 1.15 bits per heavy atom. The van der Waals surface area contributed by atoms with E-state index in [4.69, 9.17) is 9.47 Å². The first-order valence-electron chi connectivity index (χ1n) is 8.59. The molecule has 1 unspecified atom stereocenters. The van der Waals surface area contributed by atoms with Gasteiger partial charge in [0.05, 0.1) is 12.2 Å². The van der Waals surface area contributed by atoms with Gasteiger partial charge in [-0.25, -0.2) is 4.39 Å². The van der Waals surface area contributed by atoms with Crippen LogP contribution >= 0.6 is 0 Å². The number of ether oxygens (including phenoxy) is 2. The molecule has 0 radical (unpaired) electrons. The van der Waals surface area contributed by atoms with E-state index in [2.05, 4.69) is 0 Å². The molecule has 144 valence electrons. The van der Waals surface area contributed by atoms with E-state index >= 15 is 0 Å². The SMILES string of the molecule is O=C(c1ccc(F)c(C(F)(F)F)c1)c1ccccc1COC1CCCCO1. The minimum atomic E-state index is -4.87. The van der Waals surface area contributed by atoms with Crippen LogP contribution in [-0.4, -0.2) is 18.7 Å². The van der Waals surface area contributed by atoms with E-state index < -0.39 is 23.3 Å². The molecule has 3 rings (SSSR count). The zero-order valence-electron chi connectivity index (χ0n) is 14.4. The quantitative estimate of drug-likeness (QED) is 0.532. The van der Waals surface area contributed by atoms with Gasteiger partial charge < -0.3 is 9.47 Å². The molecule has 1 saturated heterocycles. The average molecular weight is 382 g/mol. The predicted octanol–water partition coefficient (Wildman–Crippen LogP) is 5.12. The molecule has 1 aliphatic heterocycles. The second-order valence-electron chi connectivity index (χ2n) is 6.29. The third-order valence-electron chi connectivity index (χ3n) is 4.36. The molecule has 1 fully saturated rings. The molecule has 0 spiro atoms. The summed E-state index contributed by atoms with van der Waals surface area (Å²) in [7, 11) is 0. The minimum absolute atomic E-state index is 0.0971. The largest absolute Gasteiger partial charge is 0.419 e. The summed E-state index contributed by atoms with van der Waals surface area (Å²) in [4.78, 5) is 12.7. The van der Waals surface area contributed by atoms with Gasteiger partial charge in [-0.1, -0.05) is 24.3 Å². The number of alkyl halides is 3. The number of hydrogen-bond acceptors (Lipinski definition) is 3. The monoisotopic (exact) mass is 382 g/mol. The van der Waals surface area contributed by atoms with Gasteiger partial charge in [-0.15, -0.1) is 0 Å². The number of carbonyl (C=O) groups is 1. The normalized spacial score (nSPS) is 17.7. The fourth-order valence-electron chi connectivity index (χ4n) is 2.93. The lowest BCUT2D eigenvalue weighted by atomic mass is 9.97. The van der Waals surface area contributed by atoms with Crippen molar-refractivity contribution in [1.82, 2.24) is 0 Å². The third-order valence-corrected chi connectivity index (χ3v) is 4.36. The van der Waals surface area contributed by atoms with E-state index in [1.165, 1.54) is 6.07 Å². The van der Waals surface area contributed by atoms with Crippen molar-refractivity contribution in [3.63, 3.8) is 0 Å². The van der Waals surface area contributed by atoms with Crippen LogP contribution in [0.5, 0.6) is 0 Å². The second-order valence-corrected chi connectivity index (χ2v) is 6.29. The molecule has 1 atom stereocenters. The summed E-state index contributed by atoms with van der Waals surface area (Å²) in [5.41, 5.74) is -0.939. The molecule has 2 aromatic rings. The molecule has 3 nitrogen and oxygen atoms in total. The summed E-state index contributed by atoms with van der Waals surface area (Å²) < 4.78 is 63.4. The zero-order valence-corrected chi connectivity index (χ0v) is 14.4. The average Bonchev–Trinajstić information content (AvgIpc) is 2.66. The highest BCUT2D eigenvalue weighted by atomic mass is 19.4. The molecule has 1 aliphatic rings. The van der Waals surface area contributed by atoms with Crippen LogP contribution in [0.15, 0.2) is 42.5 Å². The van der Waals surface area contributed by atoms with E-state index in [-0.39, 0.29) is 24.0 Å². The Labute approximate surface area is 153 Å². The van der Waals surface area contributed by atoms with Crippen molar-refractivity contribution >= 4 is 5.78 Å². The van der Waals surface area contributed by atoms with Crippen LogP contribution in [0.25, 0.3) is 0 Å². The van der Waals surface area contributed by atoms with Crippen molar-refractivity contribution in [2.45, 2.75) is 38.3 Å².